The van der Waals surface area contributed by atoms with Crippen molar-refractivity contribution in [2.45, 2.75) is 31.0 Å². The number of hydrogen-bond acceptors (Lipinski definition) is 11. The zero-order valence-corrected chi connectivity index (χ0v) is 16.3. The van der Waals surface area contributed by atoms with Gasteiger partial charge in [0.05, 0.1) is 20.5 Å². The summed E-state index contributed by atoms with van der Waals surface area (Å²) in [5.41, 5.74) is 3.56. The number of ether oxygens (including phenoxy) is 5. The Labute approximate surface area is 168 Å². The van der Waals surface area contributed by atoms with E-state index in [1.807, 2.05) is 0 Å². The third kappa shape index (κ3) is 3.82. The van der Waals surface area contributed by atoms with E-state index in [9.17, 15) is 9.59 Å². The molecule has 14 heteroatoms. The van der Waals surface area contributed by atoms with Gasteiger partial charge in [-0.05, 0) is 6.92 Å². The van der Waals surface area contributed by atoms with E-state index in [0.717, 1.165) is 21.1 Å². The molecule has 2 aromatic rings. The second kappa shape index (κ2) is 7.83. The molecule has 0 spiro atoms. The van der Waals surface area contributed by atoms with Gasteiger partial charge in [-0.2, -0.15) is 9.97 Å². The minimum atomic E-state index is -2.32. The highest BCUT2D eigenvalue weighted by atomic mass is 35.5. The van der Waals surface area contributed by atoms with Crippen LogP contribution in [0, 0.1) is 0 Å². The molecular weight excluding hydrogens is 417 g/mol. The Kier molecular flexibility index (Phi) is 5.61. The molecule has 12 nitrogen and oxygen atoms in total. The lowest BCUT2D eigenvalue weighted by Gasteiger charge is -2.27. The summed E-state index contributed by atoms with van der Waals surface area (Å²) < 4.78 is 41.4. The lowest BCUT2D eigenvalue weighted by Crippen LogP contribution is -2.44. The van der Waals surface area contributed by atoms with Crippen molar-refractivity contribution in [1.29, 1.82) is 0 Å². The van der Waals surface area contributed by atoms with Crippen molar-refractivity contribution in [3.63, 3.8) is 0 Å². The normalized spacial score (nSPS) is 26.3. The summed E-state index contributed by atoms with van der Waals surface area (Å²) in [6.45, 7) is 0.677. The summed E-state index contributed by atoms with van der Waals surface area (Å²) >= 11 is 6.00. The summed E-state index contributed by atoms with van der Waals surface area (Å²) in [6, 6.07) is 0. The van der Waals surface area contributed by atoms with E-state index in [4.69, 9.17) is 31.5 Å². The summed E-state index contributed by atoms with van der Waals surface area (Å²) in [4.78, 5) is 34.8. The predicted molar refractivity (Wildman–Crippen MR) is 93.8 cm³/mol. The Balaban J connectivity index is 1.98. The Morgan fingerprint density at radius 1 is 1.34 bits per heavy atom. The zero-order chi connectivity index (χ0) is 21.3. The lowest BCUT2D eigenvalue weighted by molar-refractivity contribution is -0.0646. The Morgan fingerprint density at radius 2 is 2.03 bits per heavy atom. The van der Waals surface area contributed by atoms with Crippen LogP contribution in [0.3, 0.4) is 0 Å². The van der Waals surface area contributed by atoms with Crippen LogP contribution in [0.5, 0.6) is 0 Å². The number of nitrogens with two attached hydrogens (primary N) is 1. The monoisotopic (exact) mass is 433 g/mol. The van der Waals surface area contributed by atoms with Gasteiger partial charge < -0.3 is 29.4 Å². The zero-order valence-electron chi connectivity index (χ0n) is 15.5. The third-order valence-electron chi connectivity index (χ3n) is 4.25. The Morgan fingerprint density at radius 3 is 2.69 bits per heavy atom. The number of anilines is 1. The second-order valence-corrected chi connectivity index (χ2v) is 6.49. The predicted octanol–water partition coefficient (Wildman–Crippen LogP) is 1.62. The van der Waals surface area contributed by atoms with Crippen molar-refractivity contribution in [2.24, 2.45) is 0 Å². The van der Waals surface area contributed by atoms with Gasteiger partial charge >= 0.3 is 12.3 Å². The van der Waals surface area contributed by atoms with Crippen molar-refractivity contribution in [2.75, 3.05) is 26.6 Å². The third-order valence-corrected chi connectivity index (χ3v) is 4.51. The highest BCUT2D eigenvalue weighted by Gasteiger charge is 2.59. The van der Waals surface area contributed by atoms with Crippen LogP contribution < -0.4 is 5.73 Å². The quantitative estimate of drug-likeness (QED) is 0.553. The molecule has 0 aliphatic carbocycles. The molecule has 1 aliphatic rings. The fourth-order valence-electron chi connectivity index (χ4n) is 2.96. The molecular formula is C15H17ClFN5O7. The topological polar surface area (TPSA) is 150 Å². The second-order valence-electron chi connectivity index (χ2n) is 6.13. The van der Waals surface area contributed by atoms with Crippen LogP contribution in [0.2, 0.25) is 5.15 Å². The van der Waals surface area contributed by atoms with Crippen LogP contribution in [0.1, 0.15) is 13.2 Å². The first-order valence-corrected chi connectivity index (χ1v) is 8.52. The van der Waals surface area contributed by atoms with Gasteiger partial charge in [-0.15, -0.1) is 0 Å². The molecule has 4 atom stereocenters. The minimum absolute atomic E-state index is 0.0299. The van der Waals surface area contributed by atoms with E-state index in [-0.39, 0.29) is 22.3 Å². The number of halogens is 2. The number of imidazole rings is 1. The Hall–Kier alpha value is -2.93. The molecule has 0 radical (unpaired) electrons. The van der Waals surface area contributed by atoms with E-state index in [1.54, 1.807) is 0 Å². The van der Waals surface area contributed by atoms with Crippen LogP contribution in [0.25, 0.3) is 11.2 Å². The molecule has 158 valence electrons. The molecule has 2 aromatic heterocycles. The van der Waals surface area contributed by atoms with E-state index in [0.29, 0.717) is 0 Å². The summed E-state index contributed by atoms with van der Waals surface area (Å²) in [6.07, 6.45) is -5.02. The van der Waals surface area contributed by atoms with Gasteiger partial charge in [-0.3, -0.25) is 4.57 Å². The number of nitrogens with zero attached hydrogens (tertiary/aromatic N) is 4. The maximum atomic E-state index is 15.8. The number of alkyl halides is 1. The van der Waals surface area contributed by atoms with Gasteiger partial charge in [-0.25, -0.2) is 19.0 Å². The van der Waals surface area contributed by atoms with Crippen LogP contribution in [0.4, 0.5) is 19.9 Å². The smallest absolute Gasteiger partial charge is 0.438 e. The fraction of sp³-hybridized carbons (Fsp3) is 0.533. The maximum Gasteiger partial charge on any atom is 0.508 e. The van der Waals surface area contributed by atoms with E-state index in [2.05, 4.69) is 24.4 Å². The van der Waals surface area contributed by atoms with Gasteiger partial charge in [0.15, 0.2) is 28.8 Å². The molecule has 3 heterocycles. The number of methoxy groups -OCH3 is 2. The number of hydrogen-bond donors (Lipinski definition) is 1. The molecule has 1 aliphatic heterocycles. The van der Waals surface area contributed by atoms with E-state index < -0.39 is 43.0 Å². The molecule has 1 fully saturated rings. The van der Waals surface area contributed by atoms with Gasteiger partial charge in [0.2, 0.25) is 5.95 Å². The lowest BCUT2D eigenvalue weighted by atomic mass is 9.98. The van der Waals surface area contributed by atoms with Gasteiger partial charge in [-0.1, -0.05) is 11.6 Å². The molecule has 0 saturated carbocycles. The SMILES string of the molecule is COC(=O)OC[C@H]1O[C@@H](n2cnc3c(Cl)nc(N)nc32)[C@](C)(F)[C@@H]1OC(=O)OC. The standard InChI is InChI=1S/C15H17ClFN5O7/c1-15(17)8(29-14(24)26-3)6(4-27-13(23)25-2)28-11(15)22-5-19-7-9(16)20-12(18)21-10(7)22/h5-6,8,11H,4H2,1-3H3,(H2,18,20,21)/t6-,8-,11-,15-/m1/s1. The average molecular weight is 434 g/mol. The first-order valence-electron chi connectivity index (χ1n) is 8.14. The van der Waals surface area contributed by atoms with Crippen LogP contribution in [-0.2, 0) is 23.7 Å². The van der Waals surface area contributed by atoms with E-state index >= 15 is 4.39 Å². The summed E-state index contributed by atoms with van der Waals surface area (Å²) in [5, 5.41) is -0.0299. The number of carbonyl (C=O) groups is 2. The van der Waals surface area contributed by atoms with Crippen LogP contribution in [-0.4, -0.2) is 70.5 Å². The van der Waals surface area contributed by atoms with Crippen LogP contribution >= 0.6 is 11.6 Å². The molecule has 0 aromatic carbocycles. The number of carbonyl (C=O) groups excluding carboxylic acids is 2. The van der Waals surface area contributed by atoms with Gasteiger partial charge in [0, 0.05) is 0 Å². The molecule has 3 rings (SSSR count). The Bertz CT molecular complexity index is 939. The molecule has 2 N–H and O–H groups in total. The molecule has 29 heavy (non-hydrogen) atoms. The first kappa shape index (κ1) is 20.8. The minimum Gasteiger partial charge on any atom is -0.438 e. The highest BCUT2D eigenvalue weighted by Crippen LogP contribution is 2.44. The number of nitrogen functional groups attached to an aromatic ring is 1. The van der Waals surface area contributed by atoms with Gasteiger partial charge in [0.1, 0.15) is 18.2 Å². The maximum absolute atomic E-state index is 15.8. The largest absolute Gasteiger partial charge is 0.508 e. The van der Waals surface area contributed by atoms with Gasteiger partial charge in [0.25, 0.3) is 0 Å². The van der Waals surface area contributed by atoms with Crippen molar-refractivity contribution in [3.8, 4) is 0 Å². The van der Waals surface area contributed by atoms with Crippen molar-refractivity contribution < 1.29 is 37.7 Å². The average Bonchev–Trinajstić information content (AvgIpc) is 3.18. The van der Waals surface area contributed by atoms with Crippen molar-refractivity contribution in [1.82, 2.24) is 19.5 Å². The number of aromatic nitrogens is 4. The van der Waals surface area contributed by atoms with E-state index in [1.165, 1.54) is 10.9 Å². The summed E-state index contributed by atoms with van der Waals surface area (Å²) in [5.74, 6) is -0.157. The fourth-order valence-corrected chi connectivity index (χ4v) is 3.18. The van der Waals surface area contributed by atoms with Crippen molar-refractivity contribution >= 4 is 41.0 Å². The molecule has 0 bridgehead atoms. The van der Waals surface area contributed by atoms with Crippen molar-refractivity contribution in [3.05, 3.63) is 11.5 Å². The molecule has 0 unspecified atom stereocenters. The molecule has 1 saturated heterocycles. The number of fused-ring (bicyclic) bond motifs is 1. The highest BCUT2D eigenvalue weighted by molar-refractivity contribution is 6.33. The first-order chi connectivity index (χ1) is 13.7. The number of rotatable bonds is 4. The molecule has 0 amide bonds. The van der Waals surface area contributed by atoms with Crippen LogP contribution in [0.15, 0.2) is 6.33 Å². The summed E-state index contributed by atoms with van der Waals surface area (Å²) in [7, 11) is 2.17.